The van der Waals surface area contributed by atoms with Crippen molar-refractivity contribution in [2.24, 2.45) is 7.05 Å². The number of carbonyl (C=O) groups excluding carboxylic acids is 2. The highest BCUT2D eigenvalue weighted by atomic mass is 127. The van der Waals surface area contributed by atoms with E-state index in [4.69, 9.17) is 0 Å². The Bertz CT molecular complexity index is 1080. The van der Waals surface area contributed by atoms with E-state index in [2.05, 4.69) is 43.4 Å². The second kappa shape index (κ2) is 10.3. The van der Waals surface area contributed by atoms with E-state index < -0.39 is 0 Å². The van der Waals surface area contributed by atoms with Gasteiger partial charge in [-0.25, -0.2) is 0 Å². The van der Waals surface area contributed by atoms with Gasteiger partial charge in [-0.1, -0.05) is 30.0 Å². The molecule has 2 aromatic carbocycles. The minimum absolute atomic E-state index is 0.104. The largest absolute Gasteiger partial charge is 0.342 e. The van der Waals surface area contributed by atoms with Crippen LogP contribution in [0.3, 0.4) is 0 Å². The minimum atomic E-state index is -0.328. The predicted octanol–water partition coefficient (Wildman–Crippen LogP) is 4.26. The Balaban J connectivity index is 1.60. The Hall–Kier alpha value is -2.40. The zero-order valence-corrected chi connectivity index (χ0v) is 20.7. The van der Waals surface area contributed by atoms with Crippen molar-refractivity contribution in [3.05, 3.63) is 68.5 Å². The van der Waals surface area contributed by atoms with Gasteiger partial charge in [0.2, 0.25) is 5.91 Å². The van der Waals surface area contributed by atoms with Crippen molar-refractivity contribution in [2.45, 2.75) is 32.0 Å². The first-order valence-electron chi connectivity index (χ1n) is 9.71. The number of nitrogens with one attached hydrogen (secondary N) is 2. The van der Waals surface area contributed by atoms with Crippen LogP contribution in [-0.2, 0) is 11.8 Å². The third kappa shape index (κ3) is 5.85. The van der Waals surface area contributed by atoms with Crippen molar-refractivity contribution < 1.29 is 9.59 Å². The summed E-state index contributed by atoms with van der Waals surface area (Å²) in [5, 5.41) is 14.9. The highest BCUT2D eigenvalue weighted by molar-refractivity contribution is 14.1. The first-order valence-corrected chi connectivity index (χ1v) is 11.8. The lowest BCUT2D eigenvalue weighted by Gasteiger charge is -2.14. The van der Waals surface area contributed by atoms with Crippen molar-refractivity contribution in [1.29, 1.82) is 0 Å². The zero-order chi connectivity index (χ0) is 22.5. The summed E-state index contributed by atoms with van der Waals surface area (Å²) in [4.78, 5) is 24.9. The normalized spacial score (nSPS) is 11.8. The van der Waals surface area contributed by atoms with Gasteiger partial charge >= 0.3 is 0 Å². The molecule has 1 atom stereocenters. The fourth-order valence-corrected chi connectivity index (χ4v) is 4.83. The predicted molar refractivity (Wildman–Crippen MR) is 131 cm³/mol. The topological polar surface area (TPSA) is 88.9 Å². The van der Waals surface area contributed by atoms with E-state index in [0.29, 0.717) is 16.5 Å². The van der Waals surface area contributed by atoms with Crippen molar-refractivity contribution in [1.82, 2.24) is 20.1 Å². The molecule has 0 aliphatic carbocycles. The van der Waals surface area contributed by atoms with Crippen LogP contribution in [0.1, 0.15) is 40.3 Å². The first-order chi connectivity index (χ1) is 14.8. The molecule has 0 saturated carbocycles. The molecule has 2 amide bonds. The van der Waals surface area contributed by atoms with Crippen LogP contribution in [-0.4, -0.2) is 32.3 Å². The molecule has 0 spiro atoms. The number of anilines is 1. The number of rotatable bonds is 7. The number of thioether (sulfide) groups is 1. The summed E-state index contributed by atoms with van der Waals surface area (Å²) in [6.45, 7) is 5.82. The lowest BCUT2D eigenvalue weighted by molar-refractivity contribution is -0.113. The quantitative estimate of drug-likeness (QED) is 0.340. The van der Waals surface area contributed by atoms with Gasteiger partial charge < -0.3 is 15.2 Å². The maximum atomic E-state index is 12.5. The SMILES string of the molecule is Cc1cc(I)cc(C)c1NC(=O)CSc1nnc([C@@H](C)NC(=O)c2ccccc2)n1C. The highest BCUT2D eigenvalue weighted by Gasteiger charge is 2.19. The molecular weight excluding hydrogens is 525 g/mol. The molecular formula is C22H24IN5O2S. The molecule has 2 N–H and O–H groups in total. The molecule has 31 heavy (non-hydrogen) atoms. The van der Waals surface area contributed by atoms with Crippen LogP contribution in [0, 0.1) is 17.4 Å². The van der Waals surface area contributed by atoms with E-state index >= 15 is 0 Å². The van der Waals surface area contributed by atoms with Crippen LogP contribution in [0.2, 0.25) is 0 Å². The van der Waals surface area contributed by atoms with Gasteiger partial charge in [0.1, 0.15) is 0 Å². The summed E-state index contributed by atoms with van der Waals surface area (Å²) in [5.41, 5.74) is 3.50. The third-order valence-electron chi connectivity index (χ3n) is 4.73. The van der Waals surface area contributed by atoms with Crippen LogP contribution in [0.25, 0.3) is 0 Å². The van der Waals surface area contributed by atoms with Crippen LogP contribution < -0.4 is 10.6 Å². The van der Waals surface area contributed by atoms with Gasteiger partial charge in [-0.3, -0.25) is 9.59 Å². The molecule has 0 radical (unpaired) electrons. The fourth-order valence-electron chi connectivity index (χ4n) is 3.18. The number of hydrogen-bond donors (Lipinski definition) is 2. The zero-order valence-electron chi connectivity index (χ0n) is 17.8. The molecule has 1 aromatic heterocycles. The minimum Gasteiger partial charge on any atom is -0.342 e. The van der Waals surface area contributed by atoms with E-state index in [1.54, 1.807) is 16.7 Å². The molecule has 3 aromatic rings. The van der Waals surface area contributed by atoms with E-state index in [-0.39, 0.29) is 23.6 Å². The van der Waals surface area contributed by atoms with Crippen LogP contribution in [0.4, 0.5) is 5.69 Å². The number of amides is 2. The van der Waals surface area contributed by atoms with E-state index in [1.807, 2.05) is 58.2 Å². The van der Waals surface area contributed by atoms with Gasteiger partial charge in [0.05, 0.1) is 11.8 Å². The summed E-state index contributed by atoms with van der Waals surface area (Å²) in [6, 6.07) is 12.8. The van der Waals surface area contributed by atoms with Gasteiger partial charge in [0.25, 0.3) is 5.91 Å². The summed E-state index contributed by atoms with van der Waals surface area (Å²) >= 11 is 3.57. The molecule has 1 heterocycles. The Morgan fingerprint density at radius 2 is 1.77 bits per heavy atom. The number of benzene rings is 2. The van der Waals surface area contributed by atoms with E-state index in [1.165, 1.54) is 11.8 Å². The number of nitrogens with zero attached hydrogens (tertiary/aromatic N) is 3. The molecule has 162 valence electrons. The number of aromatic nitrogens is 3. The summed E-state index contributed by atoms with van der Waals surface area (Å²) in [5.74, 6) is 0.554. The standard InChI is InChI=1S/C22H24IN5O2S/c1-13-10-17(23)11-14(2)19(13)25-18(29)12-31-22-27-26-20(28(22)4)15(3)24-21(30)16-8-6-5-7-9-16/h5-11,15H,12H2,1-4H3,(H,24,30)(H,25,29)/t15-/m1/s1. The Labute approximate surface area is 199 Å². The molecule has 0 aliphatic rings. The molecule has 0 bridgehead atoms. The molecule has 3 rings (SSSR count). The van der Waals surface area contributed by atoms with Gasteiger partial charge in [0, 0.05) is 21.9 Å². The lowest BCUT2D eigenvalue weighted by Crippen LogP contribution is -2.28. The van der Waals surface area contributed by atoms with Gasteiger partial charge in [-0.2, -0.15) is 0 Å². The second-order valence-electron chi connectivity index (χ2n) is 7.21. The summed E-state index contributed by atoms with van der Waals surface area (Å²) < 4.78 is 2.94. The Morgan fingerprint density at radius 1 is 1.13 bits per heavy atom. The fraction of sp³-hybridized carbons (Fsp3) is 0.273. The smallest absolute Gasteiger partial charge is 0.251 e. The highest BCUT2D eigenvalue weighted by Crippen LogP contribution is 2.24. The van der Waals surface area contributed by atoms with Gasteiger partial charge in [-0.05, 0) is 78.8 Å². The Kier molecular flexibility index (Phi) is 7.71. The summed E-state index contributed by atoms with van der Waals surface area (Å²) in [6.07, 6.45) is 0. The van der Waals surface area contributed by atoms with Crippen LogP contribution in [0.5, 0.6) is 0 Å². The maximum Gasteiger partial charge on any atom is 0.251 e. The average Bonchev–Trinajstić information content (AvgIpc) is 3.10. The van der Waals surface area contributed by atoms with Gasteiger partial charge in [-0.15, -0.1) is 10.2 Å². The molecule has 0 fully saturated rings. The van der Waals surface area contributed by atoms with Crippen molar-refractivity contribution in [3.8, 4) is 0 Å². The number of carbonyl (C=O) groups is 2. The summed E-state index contributed by atoms with van der Waals surface area (Å²) in [7, 11) is 1.83. The average molecular weight is 549 g/mol. The second-order valence-corrected chi connectivity index (χ2v) is 9.40. The number of halogens is 1. The number of hydrogen-bond acceptors (Lipinski definition) is 5. The molecule has 0 aliphatic heterocycles. The molecule has 7 nitrogen and oxygen atoms in total. The van der Waals surface area contributed by atoms with E-state index in [9.17, 15) is 9.59 Å². The first kappa shape index (κ1) is 23.3. The van der Waals surface area contributed by atoms with Crippen molar-refractivity contribution >= 4 is 51.9 Å². The van der Waals surface area contributed by atoms with Gasteiger partial charge in [0.15, 0.2) is 11.0 Å². The number of aryl methyl sites for hydroxylation is 2. The van der Waals surface area contributed by atoms with Crippen LogP contribution in [0.15, 0.2) is 47.6 Å². The van der Waals surface area contributed by atoms with Crippen molar-refractivity contribution in [3.63, 3.8) is 0 Å². The maximum absolute atomic E-state index is 12.5. The molecule has 0 unspecified atom stereocenters. The third-order valence-corrected chi connectivity index (χ3v) is 6.38. The molecule has 0 saturated heterocycles. The van der Waals surface area contributed by atoms with E-state index in [0.717, 1.165) is 20.4 Å². The molecule has 9 heteroatoms. The van der Waals surface area contributed by atoms with Crippen LogP contribution >= 0.6 is 34.4 Å². The van der Waals surface area contributed by atoms with Crippen molar-refractivity contribution in [2.75, 3.05) is 11.1 Å². The monoisotopic (exact) mass is 549 g/mol. The Morgan fingerprint density at radius 3 is 2.42 bits per heavy atom. The lowest BCUT2D eigenvalue weighted by atomic mass is 10.1.